The molecule has 0 aromatic heterocycles. The number of ketones is 2. The molecule has 2 saturated heterocycles. The van der Waals surface area contributed by atoms with Crippen molar-refractivity contribution in [3.05, 3.63) is 0 Å². The zero-order valence-corrected chi connectivity index (χ0v) is 20.3. The third kappa shape index (κ3) is 4.25. The number of hydrogen-bond acceptors (Lipinski definition) is 6. The summed E-state index contributed by atoms with van der Waals surface area (Å²) in [5, 5.41) is 0. The third-order valence-corrected chi connectivity index (χ3v) is 7.19. The Morgan fingerprint density at radius 1 is 0.700 bits per heavy atom. The van der Waals surface area contributed by atoms with Crippen LogP contribution < -0.4 is 0 Å². The highest BCUT2D eigenvalue weighted by atomic mass is 17.3. The average molecular weight is 427 g/mol. The van der Waals surface area contributed by atoms with Crippen molar-refractivity contribution in [3.63, 3.8) is 0 Å². The van der Waals surface area contributed by atoms with E-state index in [1.807, 2.05) is 41.5 Å². The van der Waals surface area contributed by atoms with E-state index < -0.39 is 22.0 Å². The van der Waals surface area contributed by atoms with Crippen LogP contribution in [0.25, 0.3) is 0 Å². The van der Waals surface area contributed by atoms with E-state index in [1.165, 1.54) is 0 Å². The van der Waals surface area contributed by atoms with Gasteiger partial charge in [-0.15, -0.1) is 0 Å². The SMILES string of the molecule is CCCC1OOC1(CC)C(=O)C(C)(C)CCC(C)(C)C(=O)C1(CC)OOC1CCC. The first kappa shape index (κ1) is 25.4. The van der Waals surface area contributed by atoms with Gasteiger partial charge < -0.3 is 0 Å². The van der Waals surface area contributed by atoms with Crippen molar-refractivity contribution in [1.29, 1.82) is 0 Å². The molecule has 2 rings (SSSR count). The van der Waals surface area contributed by atoms with Gasteiger partial charge in [-0.25, -0.2) is 19.6 Å². The Kier molecular flexibility index (Phi) is 7.93. The van der Waals surface area contributed by atoms with Crippen LogP contribution in [0, 0.1) is 10.8 Å². The Labute approximate surface area is 182 Å². The number of Topliss-reactive ketones (excluding diaryl/α,β-unsaturated/α-hetero) is 2. The predicted octanol–water partition coefficient (Wildman–Crippen LogP) is 5.52. The number of carbonyl (C=O) groups is 2. The summed E-state index contributed by atoms with van der Waals surface area (Å²) in [6, 6.07) is 0. The van der Waals surface area contributed by atoms with Crippen LogP contribution in [0.2, 0.25) is 0 Å². The summed E-state index contributed by atoms with van der Waals surface area (Å²) in [5.74, 6) is 0.144. The van der Waals surface area contributed by atoms with Crippen LogP contribution in [0.5, 0.6) is 0 Å². The van der Waals surface area contributed by atoms with Crippen molar-refractivity contribution >= 4 is 11.6 Å². The predicted molar refractivity (Wildman–Crippen MR) is 115 cm³/mol. The summed E-state index contributed by atoms with van der Waals surface area (Å²) in [5.41, 5.74) is -2.98. The van der Waals surface area contributed by atoms with Crippen molar-refractivity contribution in [1.82, 2.24) is 0 Å². The molecule has 6 heteroatoms. The quantitative estimate of drug-likeness (QED) is 0.361. The highest BCUT2D eigenvalue weighted by molar-refractivity contribution is 5.94. The van der Waals surface area contributed by atoms with E-state index >= 15 is 0 Å². The summed E-state index contributed by atoms with van der Waals surface area (Å²) >= 11 is 0. The van der Waals surface area contributed by atoms with E-state index in [4.69, 9.17) is 19.6 Å². The van der Waals surface area contributed by atoms with E-state index in [2.05, 4.69) is 13.8 Å². The van der Waals surface area contributed by atoms with Gasteiger partial charge in [0.05, 0.1) is 0 Å². The Hall–Kier alpha value is -0.820. The minimum absolute atomic E-state index is 0.0720. The summed E-state index contributed by atoms with van der Waals surface area (Å²) in [6.07, 6.45) is 5.46. The molecule has 2 heterocycles. The van der Waals surface area contributed by atoms with E-state index in [0.717, 1.165) is 25.7 Å². The largest absolute Gasteiger partial charge is 0.296 e. The highest BCUT2D eigenvalue weighted by Crippen LogP contribution is 2.47. The average Bonchev–Trinajstić information content (AvgIpc) is 2.68. The van der Waals surface area contributed by atoms with Gasteiger partial charge in [-0.1, -0.05) is 68.2 Å². The molecule has 4 unspecified atom stereocenters. The molecule has 0 spiro atoms. The summed E-state index contributed by atoms with van der Waals surface area (Å²) in [6.45, 7) is 15.9. The molecule has 0 saturated carbocycles. The van der Waals surface area contributed by atoms with Crippen LogP contribution in [-0.2, 0) is 29.1 Å². The van der Waals surface area contributed by atoms with Crippen LogP contribution in [0.4, 0.5) is 0 Å². The number of rotatable bonds is 13. The topological polar surface area (TPSA) is 71.1 Å². The molecule has 6 nitrogen and oxygen atoms in total. The third-order valence-electron chi connectivity index (χ3n) is 7.19. The fraction of sp³-hybridized carbons (Fsp3) is 0.917. The van der Waals surface area contributed by atoms with E-state index in [-0.39, 0.29) is 23.8 Å². The Morgan fingerprint density at radius 2 is 1.03 bits per heavy atom. The first-order valence-electron chi connectivity index (χ1n) is 11.8. The maximum atomic E-state index is 13.5. The van der Waals surface area contributed by atoms with Crippen molar-refractivity contribution in [3.8, 4) is 0 Å². The zero-order valence-electron chi connectivity index (χ0n) is 20.3. The van der Waals surface area contributed by atoms with Crippen LogP contribution in [0.3, 0.4) is 0 Å². The lowest BCUT2D eigenvalue weighted by Gasteiger charge is -2.49. The zero-order chi connectivity index (χ0) is 22.8. The molecule has 0 radical (unpaired) electrons. The Bertz CT molecular complexity index is 565. The molecule has 0 aromatic rings. The molecule has 0 aliphatic carbocycles. The molecule has 0 aromatic carbocycles. The standard InChI is InChI=1S/C24H42O6/c1-9-13-17-23(11-3,29-27-17)19(25)21(5,6)15-16-22(7,8)20(26)24(12-4)18(14-10-2)28-30-24/h17-18H,9-16H2,1-8H3. The van der Waals surface area contributed by atoms with Gasteiger partial charge in [-0.05, 0) is 38.5 Å². The Morgan fingerprint density at radius 3 is 1.23 bits per heavy atom. The normalized spacial score (nSPS) is 31.7. The molecule has 174 valence electrons. The minimum atomic E-state index is -0.866. The van der Waals surface area contributed by atoms with Gasteiger partial charge in [0, 0.05) is 10.8 Å². The molecule has 30 heavy (non-hydrogen) atoms. The fourth-order valence-electron chi connectivity index (χ4n) is 4.81. The van der Waals surface area contributed by atoms with Crippen LogP contribution >= 0.6 is 0 Å². The second-order valence-electron chi connectivity index (χ2n) is 10.3. The molecule has 2 aliphatic rings. The molecular weight excluding hydrogens is 384 g/mol. The van der Waals surface area contributed by atoms with Gasteiger partial charge in [-0.3, -0.25) is 9.59 Å². The molecule has 0 N–H and O–H groups in total. The fourth-order valence-corrected chi connectivity index (χ4v) is 4.81. The second kappa shape index (κ2) is 9.35. The lowest BCUT2D eigenvalue weighted by atomic mass is 9.66. The van der Waals surface area contributed by atoms with E-state index in [1.54, 1.807) is 0 Å². The number of carbonyl (C=O) groups excluding carboxylic acids is 2. The van der Waals surface area contributed by atoms with Crippen molar-refractivity contribution in [2.45, 2.75) is 130 Å². The Balaban J connectivity index is 2.10. The highest BCUT2D eigenvalue weighted by Gasteiger charge is 2.61. The smallest absolute Gasteiger partial charge is 0.190 e. The maximum Gasteiger partial charge on any atom is 0.190 e. The van der Waals surface area contributed by atoms with Gasteiger partial charge in [0.25, 0.3) is 0 Å². The van der Waals surface area contributed by atoms with Crippen LogP contribution in [0.1, 0.15) is 107 Å². The first-order valence-corrected chi connectivity index (χ1v) is 11.8. The number of hydrogen-bond donors (Lipinski definition) is 0. The van der Waals surface area contributed by atoms with Gasteiger partial charge in [0.1, 0.15) is 12.2 Å². The van der Waals surface area contributed by atoms with Gasteiger partial charge in [0.15, 0.2) is 22.8 Å². The minimum Gasteiger partial charge on any atom is -0.296 e. The summed E-state index contributed by atoms with van der Waals surface area (Å²) in [7, 11) is 0. The second-order valence-corrected chi connectivity index (χ2v) is 10.3. The van der Waals surface area contributed by atoms with Crippen molar-refractivity contribution in [2.24, 2.45) is 10.8 Å². The van der Waals surface area contributed by atoms with Crippen LogP contribution in [0.15, 0.2) is 0 Å². The van der Waals surface area contributed by atoms with E-state index in [9.17, 15) is 9.59 Å². The van der Waals surface area contributed by atoms with Crippen molar-refractivity contribution in [2.75, 3.05) is 0 Å². The molecular formula is C24H42O6. The lowest BCUT2D eigenvalue weighted by molar-refractivity contribution is -0.496. The summed E-state index contributed by atoms with van der Waals surface area (Å²) in [4.78, 5) is 48.5. The molecule has 2 aliphatic heterocycles. The molecule has 4 atom stereocenters. The van der Waals surface area contributed by atoms with Gasteiger partial charge >= 0.3 is 0 Å². The van der Waals surface area contributed by atoms with E-state index in [0.29, 0.717) is 25.7 Å². The van der Waals surface area contributed by atoms with Crippen LogP contribution in [-0.4, -0.2) is 35.0 Å². The molecule has 0 bridgehead atoms. The van der Waals surface area contributed by atoms with Crippen molar-refractivity contribution < 1.29 is 29.1 Å². The molecule has 0 amide bonds. The monoisotopic (exact) mass is 426 g/mol. The lowest BCUT2D eigenvalue weighted by Crippen LogP contribution is -2.65. The first-order chi connectivity index (χ1) is 14.0. The van der Waals surface area contributed by atoms with Gasteiger partial charge in [0.2, 0.25) is 0 Å². The maximum absolute atomic E-state index is 13.5. The molecule has 2 fully saturated rings. The van der Waals surface area contributed by atoms with Gasteiger partial charge in [-0.2, -0.15) is 0 Å². The summed E-state index contributed by atoms with van der Waals surface area (Å²) < 4.78 is 0.